The summed E-state index contributed by atoms with van der Waals surface area (Å²) in [4.78, 5) is 32.8. The summed E-state index contributed by atoms with van der Waals surface area (Å²) in [5.41, 5.74) is 1.44. The van der Waals surface area contributed by atoms with Gasteiger partial charge in [0.15, 0.2) is 5.69 Å². The van der Waals surface area contributed by atoms with Crippen LogP contribution in [0.4, 0.5) is 5.95 Å². The van der Waals surface area contributed by atoms with Crippen molar-refractivity contribution in [2.75, 3.05) is 44.7 Å². The normalized spacial score (nSPS) is 18.0. The van der Waals surface area contributed by atoms with Gasteiger partial charge < -0.3 is 14.7 Å². The molecule has 1 amide bonds. The van der Waals surface area contributed by atoms with Crippen LogP contribution in [0.1, 0.15) is 41.9 Å². The first-order valence-electron chi connectivity index (χ1n) is 10.8. The second-order valence-corrected chi connectivity index (χ2v) is 8.53. The molecular formula is C22H29ClN6O. The predicted molar refractivity (Wildman–Crippen MR) is 118 cm³/mol. The lowest BCUT2D eigenvalue weighted by atomic mass is 10.0. The lowest BCUT2D eigenvalue weighted by Crippen LogP contribution is -2.46. The van der Waals surface area contributed by atoms with E-state index in [0.717, 1.165) is 70.5 Å². The standard InChI is InChI=1S/C22H29ClN6O/c1-27(18-8-14-28(15-9-18)13-7-17-6-2-3-10-24-17)21(30)20-19(23)16-25-22(26-20)29-11-4-5-12-29/h2-3,6,10,16,18H,4-5,7-9,11-15H2,1H3. The van der Waals surface area contributed by atoms with Crippen molar-refractivity contribution in [3.8, 4) is 0 Å². The fraction of sp³-hybridized carbons (Fsp3) is 0.545. The summed E-state index contributed by atoms with van der Waals surface area (Å²) in [7, 11) is 1.87. The number of likely N-dealkylation sites (tertiary alicyclic amines) is 1. The van der Waals surface area contributed by atoms with E-state index in [1.807, 2.05) is 30.3 Å². The first-order valence-corrected chi connectivity index (χ1v) is 11.2. The summed E-state index contributed by atoms with van der Waals surface area (Å²) >= 11 is 6.30. The van der Waals surface area contributed by atoms with E-state index in [-0.39, 0.29) is 11.9 Å². The van der Waals surface area contributed by atoms with Crippen molar-refractivity contribution < 1.29 is 4.79 Å². The first kappa shape index (κ1) is 21.0. The Balaban J connectivity index is 1.33. The summed E-state index contributed by atoms with van der Waals surface area (Å²) < 4.78 is 0. The average Bonchev–Trinajstić information content (AvgIpc) is 3.33. The minimum Gasteiger partial charge on any atom is -0.341 e. The van der Waals surface area contributed by atoms with Crippen LogP contribution in [-0.4, -0.2) is 76.5 Å². The molecule has 0 atom stereocenters. The molecule has 2 aliphatic rings. The van der Waals surface area contributed by atoms with Crippen molar-refractivity contribution in [2.45, 2.75) is 38.1 Å². The van der Waals surface area contributed by atoms with Crippen LogP contribution in [0.3, 0.4) is 0 Å². The van der Waals surface area contributed by atoms with E-state index in [0.29, 0.717) is 16.7 Å². The molecule has 4 rings (SSSR count). The Hall–Kier alpha value is -2.25. The highest BCUT2D eigenvalue weighted by Crippen LogP contribution is 2.23. The Labute approximate surface area is 183 Å². The van der Waals surface area contributed by atoms with Crippen LogP contribution in [0, 0.1) is 0 Å². The molecule has 0 aliphatic carbocycles. The maximum atomic E-state index is 13.1. The molecule has 8 heteroatoms. The van der Waals surface area contributed by atoms with Crippen LogP contribution < -0.4 is 4.90 Å². The van der Waals surface area contributed by atoms with Gasteiger partial charge in [0, 0.05) is 64.1 Å². The van der Waals surface area contributed by atoms with E-state index in [1.54, 1.807) is 6.20 Å². The lowest BCUT2D eigenvalue weighted by molar-refractivity contribution is 0.0638. The number of carbonyl (C=O) groups excluding carboxylic acids is 1. The molecule has 0 unspecified atom stereocenters. The first-order chi connectivity index (χ1) is 14.6. The van der Waals surface area contributed by atoms with E-state index >= 15 is 0 Å². The second-order valence-electron chi connectivity index (χ2n) is 8.12. The molecule has 2 fully saturated rings. The Morgan fingerprint density at radius 3 is 2.63 bits per heavy atom. The number of pyridine rings is 1. The van der Waals surface area contributed by atoms with Gasteiger partial charge in [0.05, 0.1) is 11.2 Å². The van der Waals surface area contributed by atoms with Crippen molar-refractivity contribution in [3.63, 3.8) is 0 Å². The van der Waals surface area contributed by atoms with Crippen molar-refractivity contribution >= 4 is 23.5 Å². The molecule has 0 bridgehead atoms. The monoisotopic (exact) mass is 428 g/mol. The van der Waals surface area contributed by atoms with E-state index in [9.17, 15) is 4.79 Å². The largest absolute Gasteiger partial charge is 0.341 e. The molecule has 2 saturated heterocycles. The van der Waals surface area contributed by atoms with Crippen LogP contribution in [-0.2, 0) is 6.42 Å². The lowest BCUT2D eigenvalue weighted by Gasteiger charge is -2.36. The molecule has 0 aromatic carbocycles. The van der Waals surface area contributed by atoms with E-state index < -0.39 is 0 Å². The number of hydrogen-bond donors (Lipinski definition) is 0. The molecule has 0 radical (unpaired) electrons. The maximum absolute atomic E-state index is 13.1. The van der Waals surface area contributed by atoms with Crippen LogP contribution in [0.5, 0.6) is 0 Å². The molecule has 0 saturated carbocycles. The van der Waals surface area contributed by atoms with Gasteiger partial charge in [-0.15, -0.1) is 0 Å². The van der Waals surface area contributed by atoms with Crippen LogP contribution in [0.2, 0.25) is 5.02 Å². The number of nitrogens with zero attached hydrogens (tertiary/aromatic N) is 6. The summed E-state index contributed by atoms with van der Waals surface area (Å²) in [5.74, 6) is 0.493. The smallest absolute Gasteiger partial charge is 0.274 e. The van der Waals surface area contributed by atoms with Gasteiger partial charge in [0.25, 0.3) is 5.91 Å². The molecule has 4 heterocycles. The number of anilines is 1. The predicted octanol–water partition coefficient (Wildman–Crippen LogP) is 2.90. The highest BCUT2D eigenvalue weighted by molar-refractivity contribution is 6.33. The maximum Gasteiger partial charge on any atom is 0.274 e. The number of halogens is 1. The summed E-state index contributed by atoms with van der Waals surface area (Å²) in [6, 6.07) is 6.24. The highest BCUT2D eigenvalue weighted by Gasteiger charge is 2.28. The number of aromatic nitrogens is 3. The third-order valence-corrected chi connectivity index (χ3v) is 6.43. The summed E-state index contributed by atoms with van der Waals surface area (Å²) in [5, 5.41) is 0.322. The fourth-order valence-corrected chi connectivity index (χ4v) is 4.43. The van der Waals surface area contributed by atoms with Crippen LogP contribution >= 0.6 is 11.6 Å². The topological polar surface area (TPSA) is 65.5 Å². The van der Waals surface area contributed by atoms with Gasteiger partial charge in [-0.2, -0.15) is 0 Å². The Kier molecular flexibility index (Phi) is 6.79. The van der Waals surface area contributed by atoms with Gasteiger partial charge in [-0.25, -0.2) is 9.97 Å². The highest BCUT2D eigenvalue weighted by atomic mass is 35.5. The van der Waals surface area contributed by atoms with Gasteiger partial charge in [-0.1, -0.05) is 17.7 Å². The minimum absolute atomic E-state index is 0.116. The van der Waals surface area contributed by atoms with Crippen molar-refractivity contribution in [3.05, 3.63) is 47.0 Å². The third kappa shape index (κ3) is 4.90. The molecule has 30 heavy (non-hydrogen) atoms. The van der Waals surface area contributed by atoms with Crippen LogP contribution in [0.25, 0.3) is 0 Å². The molecule has 0 spiro atoms. The van der Waals surface area contributed by atoms with Crippen LogP contribution in [0.15, 0.2) is 30.6 Å². The summed E-state index contributed by atoms with van der Waals surface area (Å²) in [6.45, 7) is 4.82. The molecule has 160 valence electrons. The Bertz CT molecular complexity index is 850. The molecule has 7 nitrogen and oxygen atoms in total. The third-order valence-electron chi connectivity index (χ3n) is 6.16. The number of piperidine rings is 1. The van der Waals surface area contributed by atoms with Gasteiger partial charge in [-0.05, 0) is 37.8 Å². The zero-order chi connectivity index (χ0) is 20.9. The van der Waals surface area contributed by atoms with Gasteiger partial charge in [0.1, 0.15) is 0 Å². The van der Waals surface area contributed by atoms with Crippen molar-refractivity contribution in [1.82, 2.24) is 24.8 Å². The Morgan fingerprint density at radius 2 is 1.93 bits per heavy atom. The molecule has 0 N–H and O–H groups in total. The zero-order valence-corrected chi connectivity index (χ0v) is 18.3. The SMILES string of the molecule is CN(C(=O)c1nc(N2CCCC2)ncc1Cl)C1CCN(CCc2ccccn2)CC1. The van der Waals surface area contributed by atoms with E-state index in [1.165, 1.54) is 0 Å². The molecule has 2 aromatic heterocycles. The average molecular weight is 429 g/mol. The van der Waals surface area contributed by atoms with Gasteiger partial charge >= 0.3 is 0 Å². The van der Waals surface area contributed by atoms with E-state index in [4.69, 9.17) is 11.6 Å². The zero-order valence-electron chi connectivity index (χ0n) is 17.5. The number of amides is 1. The molecular weight excluding hydrogens is 400 g/mol. The number of rotatable bonds is 6. The second kappa shape index (κ2) is 9.71. The van der Waals surface area contributed by atoms with Crippen molar-refractivity contribution in [2.24, 2.45) is 0 Å². The quantitative estimate of drug-likeness (QED) is 0.704. The van der Waals surface area contributed by atoms with Gasteiger partial charge in [0.2, 0.25) is 5.95 Å². The molecule has 2 aliphatic heterocycles. The Morgan fingerprint density at radius 1 is 1.17 bits per heavy atom. The number of hydrogen-bond acceptors (Lipinski definition) is 6. The molecule has 2 aromatic rings. The summed E-state index contributed by atoms with van der Waals surface area (Å²) in [6.07, 6.45) is 8.52. The fourth-order valence-electron chi connectivity index (χ4n) is 4.26. The number of carbonyl (C=O) groups is 1. The van der Waals surface area contributed by atoms with Gasteiger partial charge in [-0.3, -0.25) is 9.78 Å². The minimum atomic E-state index is -0.116. The van der Waals surface area contributed by atoms with Crippen molar-refractivity contribution in [1.29, 1.82) is 0 Å². The van der Waals surface area contributed by atoms with E-state index in [2.05, 4.69) is 30.8 Å².